The molecule has 0 aliphatic carbocycles. The van der Waals surface area contributed by atoms with Crippen LogP contribution >= 0.6 is 0 Å². The fourth-order valence-corrected chi connectivity index (χ4v) is 6.86. The molecule has 0 unspecified atom stereocenters. The molecular formula is C46H39N3. The molecule has 0 N–H and O–H groups in total. The zero-order valence-corrected chi connectivity index (χ0v) is 29.0. The van der Waals surface area contributed by atoms with Crippen molar-refractivity contribution in [2.45, 2.75) is 52.4 Å². The highest BCUT2D eigenvalue weighted by atomic mass is 15.0. The molecule has 0 saturated heterocycles. The molecule has 0 aliphatic rings. The molecule has 7 rings (SSSR count). The van der Waals surface area contributed by atoms with Crippen molar-refractivity contribution in [1.82, 2.24) is 4.57 Å². The van der Waals surface area contributed by atoms with E-state index in [4.69, 9.17) is 0 Å². The third-order valence-electron chi connectivity index (χ3n) is 9.58. The van der Waals surface area contributed by atoms with Crippen LogP contribution < -0.4 is 0 Å². The van der Waals surface area contributed by atoms with Crippen LogP contribution in [0.2, 0.25) is 0 Å². The summed E-state index contributed by atoms with van der Waals surface area (Å²) in [6.45, 7) is 13.6. The fraction of sp³-hybridized carbons (Fsp3) is 0.174. The van der Waals surface area contributed by atoms with Gasteiger partial charge in [0.05, 0.1) is 40.0 Å². The first-order chi connectivity index (χ1) is 23.5. The zero-order valence-electron chi connectivity index (χ0n) is 29.0. The fourth-order valence-electron chi connectivity index (χ4n) is 6.86. The van der Waals surface area contributed by atoms with Crippen molar-refractivity contribution in [3.8, 4) is 51.2 Å². The molecule has 0 amide bonds. The van der Waals surface area contributed by atoms with Gasteiger partial charge in [0, 0.05) is 21.9 Å². The number of hydrogen-bond acceptors (Lipinski definition) is 2. The summed E-state index contributed by atoms with van der Waals surface area (Å²) in [6, 6.07) is 49.3. The molecule has 6 aromatic carbocycles. The first-order valence-electron chi connectivity index (χ1n) is 16.8. The lowest BCUT2D eigenvalue weighted by molar-refractivity contribution is 0.590. The number of nitriles is 2. The largest absolute Gasteiger partial charge is 0.308 e. The van der Waals surface area contributed by atoms with E-state index in [1.807, 2.05) is 18.2 Å². The van der Waals surface area contributed by atoms with E-state index >= 15 is 0 Å². The van der Waals surface area contributed by atoms with Crippen LogP contribution in [0.4, 0.5) is 0 Å². The molecule has 0 saturated carbocycles. The molecular weight excluding hydrogens is 595 g/mol. The monoisotopic (exact) mass is 633 g/mol. The minimum Gasteiger partial charge on any atom is -0.308 e. The van der Waals surface area contributed by atoms with E-state index in [1.165, 1.54) is 21.9 Å². The van der Waals surface area contributed by atoms with E-state index < -0.39 is 0 Å². The van der Waals surface area contributed by atoms with E-state index in [1.54, 1.807) is 12.1 Å². The molecule has 1 heterocycles. The topological polar surface area (TPSA) is 52.5 Å². The molecule has 0 fully saturated rings. The molecule has 238 valence electrons. The molecule has 49 heavy (non-hydrogen) atoms. The predicted molar refractivity (Wildman–Crippen MR) is 204 cm³/mol. The molecule has 7 aromatic rings. The highest BCUT2D eigenvalue weighted by Crippen LogP contribution is 2.45. The van der Waals surface area contributed by atoms with E-state index in [-0.39, 0.29) is 10.8 Å². The van der Waals surface area contributed by atoms with Crippen LogP contribution in [-0.4, -0.2) is 4.57 Å². The summed E-state index contributed by atoms with van der Waals surface area (Å²) in [5.41, 5.74) is 12.9. The summed E-state index contributed by atoms with van der Waals surface area (Å²) in [4.78, 5) is 0. The molecule has 3 nitrogen and oxygen atoms in total. The maximum atomic E-state index is 10.2. The van der Waals surface area contributed by atoms with Crippen molar-refractivity contribution in [3.05, 3.63) is 150 Å². The van der Waals surface area contributed by atoms with Crippen LogP contribution in [0.5, 0.6) is 0 Å². The van der Waals surface area contributed by atoms with Crippen LogP contribution in [0.15, 0.2) is 127 Å². The van der Waals surface area contributed by atoms with Crippen molar-refractivity contribution in [2.24, 2.45) is 0 Å². The average Bonchev–Trinajstić information content (AvgIpc) is 3.43. The molecule has 3 heteroatoms. The number of hydrogen-bond donors (Lipinski definition) is 0. The van der Waals surface area contributed by atoms with Crippen LogP contribution in [0, 0.1) is 22.7 Å². The third-order valence-corrected chi connectivity index (χ3v) is 9.58. The molecule has 1 aromatic heterocycles. The first kappa shape index (κ1) is 31.7. The second-order valence-corrected chi connectivity index (χ2v) is 14.9. The predicted octanol–water partition coefficient (Wildman–Crippen LogP) is 12.1. The van der Waals surface area contributed by atoms with Crippen LogP contribution in [0.1, 0.15) is 63.8 Å². The Morgan fingerprint density at radius 2 is 0.959 bits per heavy atom. The summed E-state index contributed by atoms with van der Waals surface area (Å²) in [5, 5.41) is 22.3. The summed E-state index contributed by atoms with van der Waals surface area (Å²) in [6.07, 6.45) is 0. The highest BCUT2D eigenvalue weighted by Gasteiger charge is 2.25. The number of rotatable bonds is 4. The zero-order chi connectivity index (χ0) is 34.5. The van der Waals surface area contributed by atoms with E-state index in [2.05, 4.69) is 155 Å². The lowest BCUT2D eigenvalue weighted by Gasteiger charge is -2.22. The number of fused-ring (bicyclic) bond motifs is 3. The lowest BCUT2D eigenvalue weighted by atomic mass is 9.85. The van der Waals surface area contributed by atoms with E-state index in [0.717, 1.165) is 50.1 Å². The maximum Gasteiger partial charge on any atom is 0.0998 e. The Hall–Kier alpha value is -5.90. The van der Waals surface area contributed by atoms with Gasteiger partial charge in [-0.2, -0.15) is 10.5 Å². The SMILES string of the molecule is CC(C)(C)c1ccc2c(c1)c1cc(C(C)(C)C)ccc1n2-c1c(-c2ccccc2)cc(-c2ccc(C#N)cc2C#N)cc1-c1ccccc1. The molecule has 0 bridgehead atoms. The second-order valence-electron chi connectivity index (χ2n) is 14.9. The molecule has 0 spiro atoms. The van der Waals surface area contributed by atoms with Gasteiger partial charge in [-0.1, -0.05) is 120 Å². The van der Waals surface area contributed by atoms with Crippen molar-refractivity contribution in [1.29, 1.82) is 10.5 Å². The van der Waals surface area contributed by atoms with E-state index in [0.29, 0.717) is 11.1 Å². The first-order valence-corrected chi connectivity index (χ1v) is 16.8. The van der Waals surface area contributed by atoms with Gasteiger partial charge in [0.2, 0.25) is 0 Å². The Balaban J connectivity index is 1.67. The van der Waals surface area contributed by atoms with Crippen LogP contribution in [-0.2, 0) is 10.8 Å². The van der Waals surface area contributed by atoms with Gasteiger partial charge in [-0.15, -0.1) is 0 Å². The van der Waals surface area contributed by atoms with Gasteiger partial charge in [0.15, 0.2) is 0 Å². The highest BCUT2D eigenvalue weighted by molar-refractivity contribution is 6.11. The minimum absolute atomic E-state index is 0.00413. The van der Waals surface area contributed by atoms with Gasteiger partial charge < -0.3 is 4.57 Å². The minimum atomic E-state index is -0.00413. The quantitative estimate of drug-likeness (QED) is 0.194. The standard InChI is InChI=1S/C46H39N3/c1-45(2,3)35-18-21-42-40(26-35)41-27-36(46(4,5)6)19-22-43(41)49(42)44-38(31-13-9-7-10-14-31)24-33(25-39(44)32-15-11-8-12-16-32)37-20-17-30(28-47)23-34(37)29-48/h7-27H,1-6H3. The lowest BCUT2D eigenvalue weighted by Crippen LogP contribution is -2.10. The van der Waals surface area contributed by atoms with Gasteiger partial charge in [-0.3, -0.25) is 0 Å². The average molecular weight is 634 g/mol. The number of benzene rings is 6. The van der Waals surface area contributed by atoms with Gasteiger partial charge in [-0.05, 0) is 92.7 Å². The van der Waals surface area contributed by atoms with Gasteiger partial charge in [0.1, 0.15) is 0 Å². The van der Waals surface area contributed by atoms with Gasteiger partial charge in [0.25, 0.3) is 0 Å². The Morgan fingerprint density at radius 1 is 0.469 bits per heavy atom. The second kappa shape index (κ2) is 12.0. The van der Waals surface area contributed by atoms with Crippen molar-refractivity contribution >= 4 is 21.8 Å². The van der Waals surface area contributed by atoms with Crippen molar-refractivity contribution < 1.29 is 0 Å². The molecule has 0 radical (unpaired) electrons. The smallest absolute Gasteiger partial charge is 0.0998 e. The van der Waals surface area contributed by atoms with Gasteiger partial charge >= 0.3 is 0 Å². The Labute approximate surface area is 289 Å². The summed E-state index contributed by atoms with van der Waals surface area (Å²) >= 11 is 0. The molecule has 0 atom stereocenters. The van der Waals surface area contributed by atoms with Crippen LogP contribution in [0.3, 0.4) is 0 Å². The van der Waals surface area contributed by atoms with Crippen LogP contribution in [0.25, 0.3) is 60.9 Å². The summed E-state index contributed by atoms with van der Waals surface area (Å²) in [7, 11) is 0. The third kappa shape index (κ3) is 5.69. The Kier molecular flexibility index (Phi) is 7.74. The molecule has 0 aliphatic heterocycles. The Morgan fingerprint density at radius 3 is 1.39 bits per heavy atom. The Bertz CT molecular complexity index is 2320. The van der Waals surface area contributed by atoms with Crippen molar-refractivity contribution in [3.63, 3.8) is 0 Å². The number of aromatic nitrogens is 1. The van der Waals surface area contributed by atoms with Crippen molar-refractivity contribution in [2.75, 3.05) is 0 Å². The summed E-state index contributed by atoms with van der Waals surface area (Å²) < 4.78 is 2.45. The maximum absolute atomic E-state index is 10.2. The van der Waals surface area contributed by atoms with E-state index in [9.17, 15) is 10.5 Å². The van der Waals surface area contributed by atoms with Gasteiger partial charge in [-0.25, -0.2) is 0 Å². The normalized spacial score (nSPS) is 11.8. The summed E-state index contributed by atoms with van der Waals surface area (Å²) in [5.74, 6) is 0. The number of nitrogens with zero attached hydrogens (tertiary/aromatic N) is 3.